The van der Waals surface area contributed by atoms with Crippen LogP contribution in [0.2, 0.25) is 0 Å². The molecule has 2 rings (SSSR count). The van der Waals surface area contributed by atoms with Crippen LogP contribution in [0.5, 0.6) is 11.5 Å². The van der Waals surface area contributed by atoms with Gasteiger partial charge in [0.2, 0.25) is 0 Å². The molecule has 1 N–H and O–H groups in total. The second kappa shape index (κ2) is 4.28. The van der Waals surface area contributed by atoms with Gasteiger partial charge in [0.05, 0.1) is 18.0 Å². The third-order valence-electron chi connectivity index (χ3n) is 2.32. The Kier molecular flexibility index (Phi) is 2.82. The lowest BCUT2D eigenvalue weighted by Gasteiger charge is -2.10. The van der Waals surface area contributed by atoms with Crippen molar-refractivity contribution in [2.24, 2.45) is 0 Å². The molecule has 7 heteroatoms. The number of nitrogens with zero attached hydrogens (tertiary/aromatic N) is 1. The van der Waals surface area contributed by atoms with Crippen molar-refractivity contribution in [1.82, 2.24) is 0 Å². The fourth-order valence-corrected chi connectivity index (χ4v) is 1.54. The molecule has 7 nitrogen and oxygen atoms in total. The standard InChI is InChI=1S/C10H9NO6/c12-10(13)6-2-1-3-7-9(6)16-5-4-8(17-7)11(14)15/h1-3,8H,4-5H2,(H,12,13). The first kappa shape index (κ1) is 11.2. The number of carboxylic acid groups (broad SMARTS) is 1. The lowest BCUT2D eigenvalue weighted by Crippen LogP contribution is -2.26. The predicted molar refractivity (Wildman–Crippen MR) is 54.9 cm³/mol. The number of ether oxygens (including phenoxy) is 2. The number of benzene rings is 1. The number of nitro groups is 1. The van der Waals surface area contributed by atoms with Gasteiger partial charge in [-0.05, 0) is 12.1 Å². The minimum Gasteiger partial charge on any atom is -0.488 e. The molecule has 17 heavy (non-hydrogen) atoms. The second-order valence-corrected chi connectivity index (χ2v) is 3.43. The summed E-state index contributed by atoms with van der Waals surface area (Å²) in [5.41, 5.74) is -0.0634. The zero-order chi connectivity index (χ0) is 12.4. The Hall–Kier alpha value is -2.31. The number of carboxylic acids is 1. The van der Waals surface area contributed by atoms with Gasteiger partial charge < -0.3 is 14.6 Å². The van der Waals surface area contributed by atoms with Crippen LogP contribution in [0.25, 0.3) is 0 Å². The first-order valence-corrected chi connectivity index (χ1v) is 4.89. The van der Waals surface area contributed by atoms with Crippen molar-refractivity contribution >= 4 is 5.97 Å². The maximum absolute atomic E-state index is 10.9. The highest BCUT2D eigenvalue weighted by molar-refractivity contribution is 5.92. The minimum absolute atomic E-state index is 0.0446. The second-order valence-electron chi connectivity index (χ2n) is 3.43. The minimum atomic E-state index is -1.21. The van der Waals surface area contributed by atoms with Crippen molar-refractivity contribution in [3.05, 3.63) is 33.9 Å². The highest BCUT2D eigenvalue weighted by Crippen LogP contribution is 2.34. The van der Waals surface area contributed by atoms with E-state index in [1.807, 2.05) is 0 Å². The zero-order valence-electron chi connectivity index (χ0n) is 8.66. The lowest BCUT2D eigenvalue weighted by atomic mass is 10.2. The molecule has 1 aliphatic heterocycles. The third kappa shape index (κ3) is 2.12. The summed E-state index contributed by atoms with van der Waals surface area (Å²) in [7, 11) is 0. The normalized spacial score (nSPS) is 18.2. The SMILES string of the molecule is O=C(O)c1cccc2c1OCCC([N+](=O)[O-])O2. The van der Waals surface area contributed by atoms with Gasteiger partial charge in [0.25, 0.3) is 0 Å². The molecular weight excluding hydrogens is 230 g/mol. The van der Waals surface area contributed by atoms with Gasteiger partial charge in [0.1, 0.15) is 5.56 Å². The largest absolute Gasteiger partial charge is 0.488 e. The third-order valence-corrected chi connectivity index (χ3v) is 2.32. The highest BCUT2D eigenvalue weighted by Gasteiger charge is 2.29. The first-order chi connectivity index (χ1) is 8.09. The van der Waals surface area contributed by atoms with Crippen LogP contribution >= 0.6 is 0 Å². The van der Waals surface area contributed by atoms with Gasteiger partial charge in [-0.15, -0.1) is 0 Å². The van der Waals surface area contributed by atoms with Gasteiger partial charge in [-0.3, -0.25) is 10.1 Å². The van der Waals surface area contributed by atoms with E-state index >= 15 is 0 Å². The van der Waals surface area contributed by atoms with Crippen LogP contribution in [0.1, 0.15) is 16.8 Å². The van der Waals surface area contributed by atoms with Crippen LogP contribution in [-0.2, 0) is 0 Å². The first-order valence-electron chi connectivity index (χ1n) is 4.89. The molecule has 1 aromatic rings. The molecule has 0 fully saturated rings. The number of para-hydroxylation sites is 1. The Bertz CT molecular complexity index is 472. The number of aromatic carboxylic acids is 1. The Morgan fingerprint density at radius 2 is 2.29 bits per heavy atom. The van der Waals surface area contributed by atoms with Crippen molar-refractivity contribution in [3.63, 3.8) is 0 Å². The van der Waals surface area contributed by atoms with Gasteiger partial charge in [-0.1, -0.05) is 6.07 Å². The van der Waals surface area contributed by atoms with E-state index in [1.165, 1.54) is 18.2 Å². The molecule has 0 bridgehead atoms. The average Bonchev–Trinajstić information content (AvgIpc) is 2.49. The molecule has 1 heterocycles. The molecule has 0 amide bonds. The molecule has 1 unspecified atom stereocenters. The molecule has 1 atom stereocenters. The zero-order valence-corrected chi connectivity index (χ0v) is 8.66. The van der Waals surface area contributed by atoms with Crippen molar-refractivity contribution < 1.29 is 24.3 Å². The number of fused-ring (bicyclic) bond motifs is 1. The number of hydrogen-bond donors (Lipinski definition) is 1. The van der Waals surface area contributed by atoms with E-state index in [2.05, 4.69) is 0 Å². The van der Waals surface area contributed by atoms with Crippen LogP contribution in [0, 0.1) is 10.1 Å². The van der Waals surface area contributed by atoms with E-state index in [9.17, 15) is 14.9 Å². The van der Waals surface area contributed by atoms with Crippen molar-refractivity contribution in [2.45, 2.75) is 12.6 Å². The van der Waals surface area contributed by atoms with E-state index in [-0.39, 0.29) is 30.1 Å². The van der Waals surface area contributed by atoms with Gasteiger partial charge >= 0.3 is 12.2 Å². The molecule has 1 aromatic carbocycles. The average molecular weight is 239 g/mol. The van der Waals surface area contributed by atoms with Crippen LogP contribution in [0.3, 0.4) is 0 Å². The molecular formula is C10H9NO6. The summed E-state index contributed by atoms with van der Waals surface area (Å²) >= 11 is 0. The van der Waals surface area contributed by atoms with Crippen molar-refractivity contribution in [1.29, 1.82) is 0 Å². The van der Waals surface area contributed by atoms with Crippen LogP contribution in [0.15, 0.2) is 18.2 Å². The summed E-state index contributed by atoms with van der Waals surface area (Å²) in [6, 6.07) is 4.26. The highest BCUT2D eigenvalue weighted by atomic mass is 16.7. The van der Waals surface area contributed by atoms with Crippen LogP contribution < -0.4 is 9.47 Å². The molecule has 0 saturated heterocycles. The summed E-state index contributed by atoms with van der Waals surface area (Å²) in [5, 5.41) is 19.6. The molecule has 0 spiro atoms. The maximum Gasteiger partial charge on any atom is 0.357 e. The Morgan fingerprint density at radius 1 is 1.53 bits per heavy atom. The molecule has 0 aromatic heterocycles. The molecule has 0 aliphatic carbocycles. The van der Waals surface area contributed by atoms with E-state index < -0.39 is 17.1 Å². The van der Waals surface area contributed by atoms with E-state index in [1.54, 1.807) is 0 Å². The molecule has 1 aliphatic rings. The summed E-state index contributed by atoms with van der Waals surface area (Å²) in [5.74, 6) is -1.03. The Balaban J connectivity index is 2.41. The molecule has 0 saturated carbocycles. The van der Waals surface area contributed by atoms with Crippen molar-refractivity contribution in [2.75, 3.05) is 6.61 Å². The predicted octanol–water partition coefficient (Wildman–Crippen LogP) is 1.15. The number of hydrogen-bond acceptors (Lipinski definition) is 5. The monoisotopic (exact) mass is 239 g/mol. The topological polar surface area (TPSA) is 98.9 Å². The van der Waals surface area contributed by atoms with Gasteiger partial charge in [0.15, 0.2) is 11.5 Å². The quantitative estimate of drug-likeness (QED) is 0.613. The maximum atomic E-state index is 10.9. The fraction of sp³-hybridized carbons (Fsp3) is 0.300. The van der Waals surface area contributed by atoms with Gasteiger partial charge in [-0.2, -0.15) is 0 Å². The number of carbonyl (C=O) groups is 1. The van der Waals surface area contributed by atoms with E-state index in [0.717, 1.165) is 0 Å². The summed E-state index contributed by atoms with van der Waals surface area (Å²) in [6.45, 7) is 0.0446. The fourth-order valence-electron chi connectivity index (χ4n) is 1.54. The summed E-state index contributed by atoms with van der Waals surface area (Å²) < 4.78 is 10.3. The van der Waals surface area contributed by atoms with E-state index in [4.69, 9.17) is 14.6 Å². The van der Waals surface area contributed by atoms with Crippen LogP contribution in [-0.4, -0.2) is 28.8 Å². The summed E-state index contributed by atoms with van der Waals surface area (Å²) in [6.07, 6.45) is -1.14. The number of rotatable bonds is 2. The Morgan fingerprint density at radius 3 is 2.94 bits per heavy atom. The Labute approximate surface area is 95.7 Å². The smallest absolute Gasteiger partial charge is 0.357 e. The molecule has 90 valence electrons. The lowest BCUT2D eigenvalue weighted by molar-refractivity contribution is -0.563. The molecule has 0 radical (unpaired) electrons. The van der Waals surface area contributed by atoms with Gasteiger partial charge in [-0.25, -0.2) is 4.79 Å². The van der Waals surface area contributed by atoms with Crippen molar-refractivity contribution in [3.8, 4) is 11.5 Å². The van der Waals surface area contributed by atoms with E-state index in [0.29, 0.717) is 0 Å². The van der Waals surface area contributed by atoms with Crippen LogP contribution in [0.4, 0.5) is 0 Å². The van der Waals surface area contributed by atoms with Gasteiger partial charge in [0, 0.05) is 0 Å². The summed E-state index contributed by atoms with van der Waals surface area (Å²) in [4.78, 5) is 21.0.